The Kier molecular flexibility index (Phi) is 22.5. The molecule has 56 heavy (non-hydrogen) atoms. The lowest BCUT2D eigenvalue weighted by atomic mass is 9.45. The zero-order valence-corrected chi connectivity index (χ0v) is 34.6. The van der Waals surface area contributed by atoms with Gasteiger partial charge in [-0.15, -0.1) is 0 Å². The molecule has 0 aliphatic heterocycles. The van der Waals surface area contributed by atoms with Gasteiger partial charge in [0.2, 0.25) is 0 Å². The van der Waals surface area contributed by atoms with Crippen LogP contribution in [-0.4, -0.2) is 74.6 Å². The molecule has 0 amide bonds. The van der Waals surface area contributed by atoms with E-state index in [1.54, 1.807) is 0 Å². The molecule has 4 fully saturated rings. The van der Waals surface area contributed by atoms with Gasteiger partial charge in [-0.25, -0.2) is 0 Å². The molecule has 0 heterocycles. The first-order chi connectivity index (χ1) is 27.1. The zero-order chi connectivity index (χ0) is 40.5. The number of carbonyl (C=O) groups is 5. The molecule has 0 saturated heterocycles. The fourth-order valence-electron chi connectivity index (χ4n) is 8.71. The molecule has 0 aromatic carbocycles. The fraction of sp³-hybridized carbons (Fsp3) is 0.800. The van der Waals surface area contributed by atoms with E-state index in [1.165, 1.54) is 25.7 Å². The molecule has 4 saturated carbocycles. The Morgan fingerprint density at radius 3 is 1.45 bits per heavy atom. The molecule has 11 nitrogen and oxygen atoms in total. The lowest BCUT2D eigenvalue weighted by Gasteiger charge is -2.60. The monoisotopic (exact) mass is 789 g/mol. The quantitative estimate of drug-likeness (QED) is 0.0311. The second kappa shape index (κ2) is 26.7. The van der Waals surface area contributed by atoms with Crippen molar-refractivity contribution in [3.8, 4) is 0 Å². The van der Waals surface area contributed by atoms with Gasteiger partial charge in [0, 0.05) is 32.1 Å². The molecule has 4 aliphatic rings. The van der Waals surface area contributed by atoms with Crippen LogP contribution in [0.3, 0.4) is 0 Å². The fourth-order valence-corrected chi connectivity index (χ4v) is 8.71. The van der Waals surface area contributed by atoms with Crippen molar-refractivity contribution in [2.75, 3.05) is 39.6 Å². The van der Waals surface area contributed by atoms with E-state index >= 15 is 0 Å². The lowest BCUT2D eigenvalue weighted by Crippen LogP contribution is -2.49. The third-order valence-corrected chi connectivity index (χ3v) is 11.5. The summed E-state index contributed by atoms with van der Waals surface area (Å²) in [5.74, 6) is -0.176. The second-order valence-corrected chi connectivity index (χ2v) is 16.8. The minimum absolute atomic E-state index is 0.0579. The maximum absolute atomic E-state index is 13.1. The van der Waals surface area contributed by atoms with Gasteiger partial charge in [-0.1, -0.05) is 38.2 Å². The Morgan fingerprint density at radius 1 is 0.554 bits per heavy atom. The van der Waals surface area contributed by atoms with Crippen LogP contribution < -0.4 is 0 Å². The van der Waals surface area contributed by atoms with Crippen molar-refractivity contribution in [3.63, 3.8) is 0 Å². The predicted octanol–water partition coefficient (Wildman–Crippen LogP) is 8.68. The van der Waals surface area contributed by atoms with Gasteiger partial charge >= 0.3 is 29.8 Å². The van der Waals surface area contributed by atoms with Gasteiger partial charge in [0.15, 0.2) is 0 Å². The molecular weight excluding hydrogens is 716 g/mol. The van der Waals surface area contributed by atoms with Gasteiger partial charge in [-0.05, 0) is 139 Å². The SMILES string of the molecule is CC/C=C\CCCCOC(=O)CCCCC(=O)OCC(CO)(COC(=O)CCCCC(=O)OCCCC/C=C\CC)COC(=O)CC1CC2CC3CC(C1)(C2)C3. The Hall–Kier alpha value is -3.21. The van der Waals surface area contributed by atoms with E-state index in [1.807, 2.05) is 0 Å². The molecule has 1 N–H and O–H groups in total. The molecule has 3 bridgehead atoms. The van der Waals surface area contributed by atoms with Crippen LogP contribution in [0.5, 0.6) is 0 Å². The highest BCUT2D eigenvalue weighted by molar-refractivity contribution is 5.72. The van der Waals surface area contributed by atoms with Crippen molar-refractivity contribution in [1.29, 1.82) is 0 Å². The number of esters is 5. The van der Waals surface area contributed by atoms with Crippen LogP contribution in [0.1, 0.15) is 162 Å². The molecule has 2 atom stereocenters. The highest BCUT2D eigenvalue weighted by atomic mass is 16.6. The number of allylic oxidation sites excluding steroid dienone is 4. The standard InChI is InChI=1S/C45H72O11/c1-3-5-7-9-11-17-23-52-39(47)19-13-15-21-41(49)54-33-45(32-46,35-56-43(51)27-37-25-36-26-38-30-44(28-36,29-37)31-38)34-55-42(50)22-16-14-20-40(48)53-24-18-12-10-8-6-4-2/h5-8,36-38,46H,3-4,9-35H2,1-2H3/b7-5-,8-6-. The van der Waals surface area contributed by atoms with Crippen LogP contribution in [0, 0.1) is 28.6 Å². The van der Waals surface area contributed by atoms with Crippen molar-refractivity contribution in [2.24, 2.45) is 28.6 Å². The van der Waals surface area contributed by atoms with E-state index in [4.69, 9.17) is 23.7 Å². The van der Waals surface area contributed by atoms with Crippen molar-refractivity contribution in [3.05, 3.63) is 24.3 Å². The predicted molar refractivity (Wildman–Crippen MR) is 213 cm³/mol. The first-order valence-corrected chi connectivity index (χ1v) is 21.8. The molecule has 11 heteroatoms. The van der Waals surface area contributed by atoms with Gasteiger partial charge in [-0.3, -0.25) is 24.0 Å². The van der Waals surface area contributed by atoms with E-state index in [0.717, 1.165) is 70.1 Å². The summed E-state index contributed by atoms with van der Waals surface area (Å²) >= 11 is 0. The first-order valence-electron chi connectivity index (χ1n) is 21.8. The summed E-state index contributed by atoms with van der Waals surface area (Å²) < 4.78 is 27.4. The number of rotatable bonds is 31. The lowest BCUT2D eigenvalue weighted by molar-refractivity contribution is -0.167. The summed E-state index contributed by atoms with van der Waals surface area (Å²) in [4.78, 5) is 62.7. The van der Waals surface area contributed by atoms with Gasteiger partial charge in [0.05, 0.1) is 25.2 Å². The van der Waals surface area contributed by atoms with Crippen LogP contribution in [-0.2, 0) is 47.7 Å². The molecule has 1 spiro atoms. The number of hydrogen-bond acceptors (Lipinski definition) is 11. The average Bonchev–Trinajstić information content (AvgIpc) is 3.16. The summed E-state index contributed by atoms with van der Waals surface area (Å²) in [5.41, 5.74) is -0.929. The Labute approximate surface area is 336 Å². The number of hydrogen-bond donors (Lipinski definition) is 1. The molecule has 0 aromatic heterocycles. The van der Waals surface area contributed by atoms with E-state index in [2.05, 4.69) is 38.2 Å². The number of carbonyl (C=O) groups excluding carboxylic acids is 5. The molecule has 4 aliphatic carbocycles. The van der Waals surface area contributed by atoms with Crippen LogP contribution in [0.25, 0.3) is 0 Å². The number of aliphatic hydroxyl groups is 1. The molecule has 4 rings (SSSR count). The van der Waals surface area contributed by atoms with Gasteiger partial charge in [0.1, 0.15) is 19.8 Å². The molecule has 2 unspecified atom stereocenters. The van der Waals surface area contributed by atoms with Crippen LogP contribution in [0.15, 0.2) is 24.3 Å². The Morgan fingerprint density at radius 2 is 1.00 bits per heavy atom. The Bertz CT molecular complexity index is 1190. The van der Waals surface area contributed by atoms with Crippen molar-refractivity contribution >= 4 is 29.8 Å². The van der Waals surface area contributed by atoms with Crippen LogP contribution in [0.2, 0.25) is 0 Å². The summed E-state index contributed by atoms with van der Waals surface area (Å²) in [6.45, 7) is 3.51. The third kappa shape index (κ3) is 18.8. The maximum Gasteiger partial charge on any atom is 0.306 e. The number of ether oxygens (including phenoxy) is 5. The first kappa shape index (κ1) is 47.2. The van der Waals surface area contributed by atoms with Crippen molar-refractivity contribution in [2.45, 2.75) is 162 Å². The topological polar surface area (TPSA) is 152 Å². The van der Waals surface area contributed by atoms with Crippen molar-refractivity contribution in [1.82, 2.24) is 0 Å². The molecule has 0 radical (unpaired) electrons. The highest BCUT2D eigenvalue weighted by Crippen LogP contribution is 2.64. The van der Waals surface area contributed by atoms with Crippen LogP contribution in [0.4, 0.5) is 0 Å². The largest absolute Gasteiger partial charge is 0.466 e. The summed E-state index contributed by atoms with van der Waals surface area (Å²) in [7, 11) is 0. The van der Waals surface area contributed by atoms with Gasteiger partial charge in [0.25, 0.3) is 0 Å². The molecule has 0 aromatic rings. The number of aliphatic hydroxyl groups excluding tert-OH is 1. The van der Waals surface area contributed by atoms with Gasteiger partial charge in [-0.2, -0.15) is 0 Å². The average molecular weight is 789 g/mol. The maximum atomic E-state index is 13.1. The minimum Gasteiger partial charge on any atom is -0.466 e. The highest BCUT2D eigenvalue weighted by Gasteiger charge is 2.54. The molecular formula is C45H72O11. The smallest absolute Gasteiger partial charge is 0.306 e. The van der Waals surface area contributed by atoms with E-state index in [9.17, 15) is 29.1 Å². The van der Waals surface area contributed by atoms with Gasteiger partial charge < -0.3 is 28.8 Å². The normalized spacial score (nSPS) is 21.4. The van der Waals surface area contributed by atoms with Crippen molar-refractivity contribution < 1.29 is 52.8 Å². The summed E-state index contributed by atoms with van der Waals surface area (Å²) in [6, 6.07) is 0. The van der Waals surface area contributed by atoms with E-state index in [-0.39, 0.29) is 69.3 Å². The third-order valence-electron chi connectivity index (χ3n) is 11.5. The minimum atomic E-state index is -1.34. The summed E-state index contributed by atoms with van der Waals surface area (Å²) in [6.07, 6.45) is 25.8. The number of unbranched alkanes of at least 4 members (excludes halogenated alkanes) is 6. The molecule has 318 valence electrons. The van der Waals surface area contributed by atoms with E-state index in [0.29, 0.717) is 56.7 Å². The zero-order valence-electron chi connectivity index (χ0n) is 34.6. The second-order valence-electron chi connectivity index (χ2n) is 16.8. The summed E-state index contributed by atoms with van der Waals surface area (Å²) in [5, 5.41) is 10.5. The van der Waals surface area contributed by atoms with E-state index < -0.39 is 24.0 Å². The van der Waals surface area contributed by atoms with Crippen LogP contribution >= 0.6 is 0 Å². The Balaban J connectivity index is 1.40.